The summed E-state index contributed by atoms with van der Waals surface area (Å²) in [6, 6.07) is 0. The van der Waals surface area contributed by atoms with E-state index in [1.165, 1.54) is 6.92 Å². The molecule has 1 rings (SSSR count). The van der Waals surface area contributed by atoms with E-state index in [9.17, 15) is 15.3 Å². The fourth-order valence-corrected chi connectivity index (χ4v) is 1.71. The Kier molecular flexibility index (Phi) is 4.45. The molecule has 0 aromatic heterocycles. The molecule has 90 valence electrons. The number of aliphatic hydroxyl groups is 5. The van der Waals surface area contributed by atoms with Gasteiger partial charge in [-0.2, -0.15) is 0 Å². The van der Waals surface area contributed by atoms with Crippen LogP contribution in [0, 0.1) is 0 Å². The lowest BCUT2D eigenvalue weighted by Crippen LogP contribution is -2.58. The molecule has 6 heteroatoms. The predicted molar refractivity (Wildman–Crippen MR) is 50.1 cm³/mol. The van der Waals surface area contributed by atoms with E-state index in [0.29, 0.717) is 0 Å². The first-order valence-corrected chi connectivity index (χ1v) is 4.96. The lowest BCUT2D eigenvalue weighted by molar-refractivity contribution is -0.233. The van der Waals surface area contributed by atoms with Crippen LogP contribution in [-0.2, 0) is 4.74 Å². The first-order valence-electron chi connectivity index (χ1n) is 4.96. The summed E-state index contributed by atoms with van der Waals surface area (Å²) in [5.41, 5.74) is 0. The number of ether oxygens (including phenoxy) is 1. The van der Waals surface area contributed by atoms with Gasteiger partial charge in [0.2, 0.25) is 0 Å². The summed E-state index contributed by atoms with van der Waals surface area (Å²) >= 11 is 0. The van der Waals surface area contributed by atoms with E-state index in [1.54, 1.807) is 0 Å². The van der Waals surface area contributed by atoms with E-state index in [-0.39, 0.29) is 6.42 Å². The van der Waals surface area contributed by atoms with Crippen molar-refractivity contribution in [3.05, 3.63) is 0 Å². The van der Waals surface area contributed by atoms with E-state index >= 15 is 0 Å². The van der Waals surface area contributed by atoms with E-state index < -0.39 is 43.2 Å². The molecule has 0 saturated carbocycles. The van der Waals surface area contributed by atoms with E-state index in [1.807, 2.05) is 0 Å². The van der Waals surface area contributed by atoms with Crippen LogP contribution >= 0.6 is 0 Å². The zero-order valence-electron chi connectivity index (χ0n) is 8.52. The van der Waals surface area contributed by atoms with Crippen molar-refractivity contribution in [2.45, 2.75) is 50.0 Å². The van der Waals surface area contributed by atoms with Gasteiger partial charge in [-0.25, -0.2) is 0 Å². The highest BCUT2D eigenvalue weighted by atomic mass is 16.5. The molecule has 6 atom stereocenters. The molecular formula is C9H18O6. The zero-order chi connectivity index (χ0) is 11.6. The van der Waals surface area contributed by atoms with Gasteiger partial charge in [0, 0.05) is 6.42 Å². The molecule has 0 radical (unpaired) electrons. The second-order valence-electron chi connectivity index (χ2n) is 3.95. The van der Waals surface area contributed by atoms with Gasteiger partial charge in [-0.05, 0) is 6.92 Å². The third-order valence-electron chi connectivity index (χ3n) is 2.56. The molecule has 1 fully saturated rings. The Balaban J connectivity index is 2.65. The summed E-state index contributed by atoms with van der Waals surface area (Å²) in [5, 5.41) is 46.4. The predicted octanol–water partition coefficient (Wildman–Crippen LogP) is -2.40. The Morgan fingerprint density at radius 3 is 2.07 bits per heavy atom. The molecule has 1 aliphatic heterocycles. The van der Waals surface area contributed by atoms with Crippen LogP contribution in [0.4, 0.5) is 0 Å². The average Bonchev–Trinajstić information content (AvgIpc) is 2.18. The SMILES string of the molecule is CC(O)CC1OC(CO)C(O)C(O)C1O. The smallest absolute Gasteiger partial charge is 0.111 e. The molecule has 0 spiro atoms. The van der Waals surface area contributed by atoms with E-state index in [2.05, 4.69) is 0 Å². The Bertz CT molecular complexity index is 195. The summed E-state index contributed by atoms with van der Waals surface area (Å²) in [7, 11) is 0. The van der Waals surface area contributed by atoms with Crippen molar-refractivity contribution >= 4 is 0 Å². The van der Waals surface area contributed by atoms with Crippen LogP contribution in [-0.4, -0.2) is 68.8 Å². The third kappa shape index (κ3) is 2.87. The second kappa shape index (κ2) is 5.20. The topological polar surface area (TPSA) is 110 Å². The largest absolute Gasteiger partial charge is 0.394 e. The molecular weight excluding hydrogens is 204 g/mol. The normalized spacial score (nSPS) is 44.0. The molecule has 1 saturated heterocycles. The van der Waals surface area contributed by atoms with Crippen molar-refractivity contribution in [1.82, 2.24) is 0 Å². The summed E-state index contributed by atoms with van der Waals surface area (Å²) < 4.78 is 5.17. The summed E-state index contributed by atoms with van der Waals surface area (Å²) in [4.78, 5) is 0. The van der Waals surface area contributed by atoms with Crippen LogP contribution in [0.3, 0.4) is 0 Å². The van der Waals surface area contributed by atoms with Gasteiger partial charge in [0.25, 0.3) is 0 Å². The van der Waals surface area contributed by atoms with Crippen LogP contribution in [0.1, 0.15) is 13.3 Å². The monoisotopic (exact) mass is 222 g/mol. The van der Waals surface area contributed by atoms with E-state index in [0.717, 1.165) is 0 Å². The second-order valence-corrected chi connectivity index (χ2v) is 3.95. The van der Waals surface area contributed by atoms with Gasteiger partial charge in [0.05, 0.1) is 18.8 Å². The fourth-order valence-electron chi connectivity index (χ4n) is 1.71. The molecule has 15 heavy (non-hydrogen) atoms. The maximum atomic E-state index is 9.54. The third-order valence-corrected chi connectivity index (χ3v) is 2.56. The Hall–Kier alpha value is -0.240. The number of hydrogen-bond acceptors (Lipinski definition) is 6. The van der Waals surface area contributed by atoms with Crippen LogP contribution in [0.5, 0.6) is 0 Å². The van der Waals surface area contributed by atoms with Gasteiger partial charge in [-0.15, -0.1) is 0 Å². The molecule has 1 heterocycles. The first-order chi connectivity index (χ1) is 6.97. The summed E-state index contributed by atoms with van der Waals surface area (Å²) in [5.74, 6) is 0. The average molecular weight is 222 g/mol. The molecule has 0 aromatic carbocycles. The minimum absolute atomic E-state index is 0.140. The van der Waals surface area contributed by atoms with Crippen molar-refractivity contribution < 1.29 is 30.3 Å². The number of hydrogen-bond donors (Lipinski definition) is 5. The van der Waals surface area contributed by atoms with Crippen molar-refractivity contribution in [1.29, 1.82) is 0 Å². The minimum atomic E-state index is -1.36. The van der Waals surface area contributed by atoms with Crippen molar-refractivity contribution in [2.75, 3.05) is 6.61 Å². The maximum Gasteiger partial charge on any atom is 0.111 e. The molecule has 6 unspecified atom stereocenters. The molecule has 0 aliphatic carbocycles. The number of rotatable bonds is 3. The van der Waals surface area contributed by atoms with Crippen molar-refractivity contribution in [3.8, 4) is 0 Å². The van der Waals surface area contributed by atoms with Gasteiger partial charge in [0.1, 0.15) is 24.4 Å². The number of aliphatic hydroxyl groups excluding tert-OH is 5. The van der Waals surface area contributed by atoms with Gasteiger partial charge in [0.15, 0.2) is 0 Å². The Morgan fingerprint density at radius 1 is 1.07 bits per heavy atom. The van der Waals surface area contributed by atoms with Gasteiger partial charge >= 0.3 is 0 Å². The maximum absolute atomic E-state index is 9.54. The van der Waals surface area contributed by atoms with Crippen LogP contribution in [0.25, 0.3) is 0 Å². The zero-order valence-corrected chi connectivity index (χ0v) is 8.52. The summed E-state index contributed by atoms with van der Waals surface area (Å²) in [6.07, 6.45) is -6.17. The summed E-state index contributed by atoms with van der Waals surface area (Å²) in [6.45, 7) is 1.09. The van der Waals surface area contributed by atoms with Crippen LogP contribution in [0.15, 0.2) is 0 Å². The van der Waals surface area contributed by atoms with Crippen LogP contribution < -0.4 is 0 Å². The van der Waals surface area contributed by atoms with E-state index in [4.69, 9.17) is 14.9 Å². The molecule has 6 nitrogen and oxygen atoms in total. The molecule has 5 N–H and O–H groups in total. The van der Waals surface area contributed by atoms with Crippen molar-refractivity contribution in [2.24, 2.45) is 0 Å². The fraction of sp³-hybridized carbons (Fsp3) is 1.00. The quantitative estimate of drug-likeness (QED) is 0.364. The van der Waals surface area contributed by atoms with Crippen molar-refractivity contribution in [3.63, 3.8) is 0 Å². The highest BCUT2D eigenvalue weighted by Crippen LogP contribution is 2.23. The Labute approximate surface area is 87.7 Å². The molecule has 1 aliphatic rings. The highest BCUT2D eigenvalue weighted by Gasteiger charge is 2.43. The lowest BCUT2D eigenvalue weighted by Gasteiger charge is -2.40. The minimum Gasteiger partial charge on any atom is -0.394 e. The van der Waals surface area contributed by atoms with Gasteiger partial charge in [-0.3, -0.25) is 0 Å². The van der Waals surface area contributed by atoms with Crippen LogP contribution in [0.2, 0.25) is 0 Å². The lowest BCUT2D eigenvalue weighted by atomic mass is 9.92. The standard InChI is InChI=1S/C9H18O6/c1-4(11)2-5-7(12)9(14)8(13)6(3-10)15-5/h4-14H,2-3H2,1H3. The first kappa shape index (κ1) is 12.8. The van der Waals surface area contributed by atoms with Gasteiger partial charge in [-0.1, -0.05) is 0 Å². The molecule has 0 bridgehead atoms. The molecule has 0 amide bonds. The highest BCUT2D eigenvalue weighted by molar-refractivity contribution is 4.92. The molecule has 0 aromatic rings. The van der Waals surface area contributed by atoms with Gasteiger partial charge < -0.3 is 30.3 Å². The Morgan fingerprint density at radius 2 is 1.60 bits per heavy atom.